The number of hydrogen-bond donors (Lipinski definition) is 1. The molecule has 0 saturated heterocycles. The van der Waals surface area contributed by atoms with Crippen LogP contribution in [0.5, 0.6) is 5.75 Å². The maximum atomic E-state index is 5.78. The summed E-state index contributed by atoms with van der Waals surface area (Å²) >= 11 is 0. The summed E-state index contributed by atoms with van der Waals surface area (Å²) < 4.78 is 7.19. The van der Waals surface area contributed by atoms with Crippen molar-refractivity contribution in [3.63, 3.8) is 0 Å². The molecule has 0 bridgehead atoms. The van der Waals surface area contributed by atoms with Crippen molar-refractivity contribution in [2.45, 2.75) is 27.3 Å². The van der Waals surface area contributed by atoms with E-state index in [1.807, 2.05) is 16.8 Å². The standard InChI is InChI=1S/C14H21N5O/c1-9(2)10(3)8-19-14(16-17-18-19)12-6-5-11(15)7-13(12)20-4/h5-7,9-10H,8,15H2,1-4H3. The number of ether oxygens (including phenoxy) is 1. The molecule has 0 aliphatic carbocycles. The highest BCUT2D eigenvalue weighted by Crippen LogP contribution is 2.30. The lowest BCUT2D eigenvalue weighted by Crippen LogP contribution is -2.15. The molecule has 108 valence electrons. The van der Waals surface area contributed by atoms with E-state index in [4.69, 9.17) is 10.5 Å². The predicted octanol–water partition coefficient (Wildman–Crippen LogP) is 2.22. The van der Waals surface area contributed by atoms with Crippen LogP contribution in [0.15, 0.2) is 18.2 Å². The Kier molecular flexibility index (Phi) is 4.22. The average Bonchev–Trinajstić information content (AvgIpc) is 2.86. The van der Waals surface area contributed by atoms with Crippen molar-refractivity contribution < 1.29 is 4.74 Å². The molecule has 0 radical (unpaired) electrons. The Labute approximate surface area is 118 Å². The Morgan fingerprint density at radius 3 is 2.70 bits per heavy atom. The van der Waals surface area contributed by atoms with Crippen molar-refractivity contribution in [3.8, 4) is 17.1 Å². The van der Waals surface area contributed by atoms with Gasteiger partial charge in [0, 0.05) is 18.3 Å². The topological polar surface area (TPSA) is 78.8 Å². The molecule has 0 fully saturated rings. The van der Waals surface area contributed by atoms with E-state index in [0.717, 1.165) is 12.1 Å². The zero-order valence-electron chi connectivity index (χ0n) is 12.4. The zero-order valence-corrected chi connectivity index (χ0v) is 12.4. The van der Waals surface area contributed by atoms with Gasteiger partial charge in [0.2, 0.25) is 0 Å². The van der Waals surface area contributed by atoms with Gasteiger partial charge < -0.3 is 10.5 Å². The minimum atomic E-state index is 0.483. The Hall–Kier alpha value is -2.11. The molecule has 1 aromatic carbocycles. The summed E-state index contributed by atoms with van der Waals surface area (Å²) in [6.07, 6.45) is 0. The quantitative estimate of drug-likeness (QED) is 0.846. The number of methoxy groups -OCH3 is 1. The molecule has 0 spiro atoms. The lowest BCUT2D eigenvalue weighted by Gasteiger charge is -2.16. The van der Waals surface area contributed by atoms with Crippen LogP contribution in [-0.2, 0) is 6.54 Å². The van der Waals surface area contributed by atoms with E-state index in [9.17, 15) is 0 Å². The Morgan fingerprint density at radius 2 is 2.05 bits per heavy atom. The SMILES string of the molecule is COc1cc(N)ccc1-c1nnnn1CC(C)C(C)C. The number of anilines is 1. The second kappa shape index (κ2) is 5.90. The highest BCUT2D eigenvalue weighted by Gasteiger charge is 2.17. The third-order valence-electron chi connectivity index (χ3n) is 3.60. The Bertz CT molecular complexity index is 579. The molecule has 2 aromatic rings. The van der Waals surface area contributed by atoms with E-state index in [1.165, 1.54) is 0 Å². The molecule has 6 nitrogen and oxygen atoms in total. The molecule has 20 heavy (non-hydrogen) atoms. The van der Waals surface area contributed by atoms with Gasteiger partial charge in [0.15, 0.2) is 5.82 Å². The van der Waals surface area contributed by atoms with E-state index < -0.39 is 0 Å². The number of nitrogens with zero attached hydrogens (tertiary/aromatic N) is 4. The fraction of sp³-hybridized carbons (Fsp3) is 0.500. The number of rotatable bonds is 5. The van der Waals surface area contributed by atoms with Gasteiger partial charge in [-0.3, -0.25) is 0 Å². The molecule has 0 aliphatic rings. The molecule has 6 heteroatoms. The van der Waals surface area contributed by atoms with Crippen LogP contribution < -0.4 is 10.5 Å². The number of benzene rings is 1. The average molecular weight is 275 g/mol. The molecule has 1 unspecified atom stereocenters. The van der Waals surface area contributed by atoms with E-state index >= 15 is 0 Å². The second-order valence-electron chi connectivity index (χ2n) is 5.37. The maximum absolute atomic E-state index is 5.78. The van der Waals surface area contributed by atoms with Crippen LogP contribution in [0.2, 0.25) is 0 Å². The summed E-state index contributed by atoms with van der Waals surface area (Å²) in [6, 6.07) is 5.49. The molecule has 1 aromatic heterocycles. The monoisotopic (exact) mass is 275 g/mol. The van der Waals surface area contributed by atoms with E-state index in [2.05, 4.69) is 36.3 Å². The highest BCUT2D eigenvalue weighted by atomic mass is 16.5. The number of tetrazole rings is 1. The molecule has 1 heterocycles. The Morgan fingerprint density at radius 1 is 1.30 bits per heavy atom. The zero-order chi connectivity index (χ0) is 14.7. The molecule has 0 amide bonds. The van der Waals surface area contributed by atoms with E-state index in [-0.39, 0.29) is 0 Å². The molecule has 2 rings (SSSR count). The lowest BCUT2D eigenvalue weighted by atomic mass is 9.98. The number of aromatic nitrogens is 4. The fourth-order valence-corrected chi connectivity index (χ4v) is 1.90. The van der Waals surface area contributed by atoms with Crippen LogP contribution in [0, 0.1) is 11.8 Å². The predicted molar refractivity (Wildman–Crippen MR) is 78.2 cm³/mol. The van der Waals surface area contributed by atoms with Gasteiger partial charge in [-0.2, -0.15) is 0 Å². The molecule has 0 saturated carbocycles. The first-order valence-electron chi connectivity index (χ1n) is 6.73. The maximum Gasteiger partial charge on any atom is 0.185 e. The lowest BCUT2D eigenvalue weighted by molar-refractivity contribution is 0.346. The largest absolute Gasteiger partial charge is 0.496 e. The number of nitrogens with two attached hydrogens (primary N) is 1. The first kappa shape index (κ1) is 14.3. The summed E-state index contributed by atoms with van der Waals surface area (Å²) in [7, 11) is 1.61. The molecule has 0 aliphatic heterocycles. The first-order chi connectivity index (χ1) is 9.52. The molecular formula is C14H21N5O. The van der Waals surface area contributed by atoms with Crippen molar-refractivity contribution in [2.24, 2.45) is 11.8 Å². The van der Waals surface area contributed by atoms with Gasteiger partial charge in [-0.15, -0.1) is 5.10 Å². The van der Waals surface area contributed by atoms with Gasteiger partial charge in [0.1, 0.15) is 5.75 Å². The number of hydrogen-bond acceptors (Lipinski definition) is 5. The van der Waals surface area contributed by atoms with Crippen LogP contribution in [0.4, 0.5) is 5.69 Å². The summed E-state index contributed by atoms with van der Waals surface area (Å²) in [5.41, 5.74) is 7.28. The van der Waals surface area contributed by atoms with Gasteiger partial charge in [0.05, 0.1) is 12.7 Å². The normalized spacial score (nSPS) is 12.7. The van der Waals surface area contributed by atoms with Crippen LogP contribution in [0.25, 0.3) is 11.4 Å². The second-order valence-corrected chi connectivity index (χ2v) is 5.37. The van der Waals surface area contributed by atoms with Crippen LogP contribution in [0.3, 0.4) is 0 Å². The first-order valence-corrected chi connectivity index (χ1v) is 6.73. The van der Waals surface area contributed by atoms with E-state index in [1.54, 1.807) is 13.2 Å². The van der Waals surface area contributed by atoms with Crippen molar-refractivity contribution >= 4 is 5.69 Å². The summed E-state index contributed by atoms with van der Waals surface area (Å²) in [4.78, 5) is 0. The third-order valence-corrected chi connectivity index (χ3v) is 3.60. The smallest absolute Gasteiger partial charge is 0.185 e. The van der Waals surface area contributed by atoms with E-state index in [0.29, 0.717) is 29.1 Å². The molecular weight excluding hydrogens is 254 g/mol. The third kappa shape index (κ3) is 2.89. The minimum absolute atomic E-state index is 0.483. The fourth-order valence-electron chi connectivity index (χ4n) is 1.90. The van der Waals surface area contributed by atoms with Crippen molar-refractivity contribution in [2.75, 3.05) is 12.8 Å². The van der Waals surface area contributed by atoms with Crippen LogP contribution >= 0.6 is 0 Å². The van der Waals surface area contributed by atoms with Gasteiger partial charge >= 0.3 is 0 Å². The molecule has 1 atom stereocenters. The van der Waals surface area contributed by atoms with Gasteiger partial charge in [-0.1, -0.05) is 20.8 Å². The summed E-state index contributed by atoms with van der Waals surface area (Å²) in [5.74, 6) is 2.44. The Balaban J connectivity index is 2.37. The highest BCUT2D eigenvalue weighted by molar-refractivity contribution is 5.67. The van der Waals surface area contributed by atoms with Crippen LogP contribution in [0.1, 0.15) is 20.8 Å². The van der Waals surface area contributed by atoms with Crippen molar-refractivity contribution in [1.29, 1.82) is 0 Å². The minimum Gasteiger partial charge on any atom is -0.496 e. The summed E-state index contributed by atoms with van der Waals surface area (Å²) in [6.45, 7) is 7.35. The van der Waals surface area contributed by atoms with Gasteiger partial charge in [-0.25, -0.2) is 4.68 Å². The summed E-state index contributed by atoms with van der Waals surface area (Å²) in [5, 5.41) is 12.0. The van der Waals surface area contributed by atoms with Crippen molar-refractivity contribution in [3.05, 3.63) is 18.2 Å². The van der Waals surface area contributed by atoms with Crippen LogP contribution in [-0.4, -0.2) is 27.3 Å². The molecule has 2 N–H and O–H groups in total. The van der Waals surface area contributed by atoms with Gasteiger partial charge in [0.25, 0.3) is 0 Å². The van der Waals surface area contributed by atoms with Crippen molar-refractivity contribution in [1.82, 2.24) is 20.2 Å². The van der Waals surface area contributed by atoms with Gasteiger partial charge in [-0.05, 0) is 34.4 Å². The number of nitrogen functional groups attached to an aromatic ring is 1.